The molecule has 0 saturated heterocycles. The largest absolute Gasteiger partial charge is 0.433 e. The number of anilines is 1. The van der Waals surface area contributed by atoms with Gasteiger partial charge in [-0.05, 0) is 36.2 Å². The van der Waals surface area contributed by atoms with Crippen molar-refractivity contribution in [1.29, 1.82) is 5.41 Å². The van der Waals surface area contributed by atoms with E-state index in [0.717, 1.165) is 18.3 Å². The van der Waals surface area contributed by atoms with Crippen LogP contribution in [0.4, 0.5) is 18.9 Å². The molecule has 0 aliphatic rings. The van der Waals surface area contributed by atoms with Crippen LogP contribution in [0.25, 0.3) is 0 Å². The van der Waals surface area contributed by atoms with E-state index >= 15 is 0 Å². The van der Waals surface area contributed by atoms with Gasteiger partial charge in [0, 0.05) is 12.1 Å². The first kappa shape index (κ1) is 19.2. The Morgan fingerprint density at radius 3 is 2.40 bits per heavy atom. The zero-order valence-electron chi connectivity index (χ0n) is 12.6. The smallest absolute Gasteiger partial charge is 0.325 e. The predicted octanol–water partition coefficient (Wildman–Crippen LogP) is 5.19. The Morgan fingerprint density at radius 1 is 1.12 bits per heavy atom. The van der Waals surface area contributed by atoms with Crippen molar-refractivity contribution in [1.82, 2.24) is 4.98 Å². The Balaban J connectivity index is 1.90. The summed E-state index contributed by atoms with van der Waals surface area (Å²) >= 11 is 11.7. The lowest BCUT2D eigenvalue weighted by molar-refractivity contribution is -0.141. The van der Waals surface area contributed by atoms with Gasteiger partial charge in [-0.2, -0.15) is 13.2 Å². The summed E-state index contributed by atoms with van der Waals surface area (Å²) in [6.45, 7) is 0. The van der Waals surface area contributed by atoms with Gasteiger partial charge >= 0.3 is 6.18 Å². The van der Waals surface area contributed by atoms with E-state index in [1.807, 2.05) is 0 Å². The summed E-state index contributed by atoms with van der Waals surface area (Å²) in [7, 11) is 0. The van der Waals surface area contributed by atoms with Crippen LogP contribution in [0.15, 0.2) is 36.5 Å². The van der Waals surface area contributed by atoms with E-state index in [1.165, 1.54) is 6.07 Å². The molecule has 0 fully saturated rings. The molecule has 2 N–H and O–H groups in total. The number of rotatable bonds is 5. The van der Waals surface area contributed by atoms with Gasteiger partial charge in [-0.3, -0.25) is 4.79 Å². The third-order valence-electron chi connectivity index (χ3n) is 3.21. The molecule has 4 nitrogen and oxygen atoms in total. The van der Waals surface area contributed by atoms with Crippen LogP contribution in [-0.2, 0) is 11.0 Å². The Hall–Kier alpha value is -2.12. The van der Waals surface area contributed by atoms with Gasteiger partial charge in [-0.25, -0.2) is 4.98 Å². The number of aromatic nitrogens is 1. The second kappa shape index (κ2) is 7.84. The summed E-state index contributed by atoms with van der Waals surface area (Å²) < 4.78 is 37.2. The van der Waals surface area contributed by atoms with E-state index in [1.54, 1.807) is 12.1 Å². The first-order valence-electron chi connectivity index (χ1n) is 7.03. The lowest BCUT2D eigenvalue weighted by atomic mass is 10.1. The number of hydrogen-bond donors (Lipinski definition) is 2. The number of carbonyl (C=O) groups is 1. The molecule has 1 aromatic heterocycles. The third-order valence-corrected chi connectivity index (χ3v) is 3.95. The van der Waals surface area contributed by atoms with E-state index in [2.05, 4.69) is 10.3 Å². The second-order valence-corrected chi connectivity index (χ2v) is 5.90. The van der Waals surface area contributed by atoms with Crippen molar-refractivity contribution in [3.05, 3.63) is 57.8 Å². The van der Waals surface area contributed by atoms with Crippen molar-refractivity contribution in [2.45, 2.75) is 19.0 Å². The molecule has 0 radical (unpaired) electrons. The first-order valence-corrected chi connectivity index (χ1v) is 7.78. The van der Waals surface area contributed by atoms with Gasteiger partial charge < -0.3 is 10.7 Å². The molecule has 0 aliphatic carbocycles. The topological polar surface area (TPSA) is 65.8 Å². The highest BCUT2D eigenvalue weighted by molar-refractivity contribution is 6.42. The van der Waals surface area contributed by atoms with Crippen LogP contribution in [0.2, 0.25) is 10.0 Å². The molecule has 0 saturated carbocycles. The van der Waals surface area contributed by atoms with Crippen LogP contribution >= 0.6 is 23.2 Å². The Labute approximate surface area is 151 Å². The molecule has 0 aliphatic heterocycles. The van der Waals surface area contributed by atoms with Crippen molar-refractivity contribution in [3.8, 4) is 0 Å². The molecule has 1 aromatic carbocycles. The van der Waals surface area contributed by atoms with Crippen molar-refractivity contribution in [3.63, 3.8) is 0 Å². The van der Waals surface area contributed by atoms with Crippen LogP contribution < -0.4 is 5.32 Å². The van der Waals surface area contributed by atoms with Crippen LogP contribution in [0.5, 0.6) is 0 Å². The van der Waals surface area contributed by atoms with E-state index in [9.17, 15) is 18.0 Å². The second-order valence-electron chi connectivity index (χ2n) is 5.09. The van der Waals surface area contributed by atoms with E-state index in [4.69, 9.17) is 28.6 Å². The quantitative estimate of drug-likeness (QED) is 0.690. The molecule has 2 rings (SSSR count). The monoisotopic (exact) mass is 389 g/mol. The van der Waals surface area contributed by atoms with Crippen LogP contribution in [0, 0.1) is 5.41 Å². The molecule has 0 bridgehead atoms. The lowest BCUT2D eigenvalue weighted by Gasteiger charge is -2.09. The summed E-state index contributed by atoms with van der Waals surface area (Å²) in [6.07, 6.45) is -3.47. The van der Waals surface area contributed by atoms with Crippen LogP contribution in [0.1, 0.15) is 24.1 Å². The fourth-order valence-electron chi connectivity index (χ4n) is 1.93. The number of pyridine rings is 1. The Morgan fingerprint density at radius 2 is 1.84 bits per heavy atom. The molecule has 2 aromatic rings. The number of nitrogens with zero attached hydrogens (tertiary/aromatic N) is 1. The summed E-state index contributed by atoms with van der Waals surface area (Å²) in [5.41, 5.74) is -0.149. The lowest BCUT2D eigenvalue weighted by Crippen LogP contribution is -2.14. The summed E-state index contributed by atoms with van der Waals surface area (Å²) in [6, 6.07) is 6.62. The normalized spacial score (nSPS) is 11.2. The van der Waals surface area contributed by atoms with E-state index < -0.39 is 17.8 Å². The SMILES string of the molecule is N=C(CCC(=O)Nc1ccc(C(F)(F)F)nc1)c1ccc(Cl)c(Cl)c1. The molecule has 9 heteroatoms. The molecule has 1 heterocycles. The molecule has 1 amide bonds. The zero-order valence-corrected chi connectivity index (χ0v) is 14.1. The Bertz CT molecular complexity index is 792. The van der Waals surface area contributed by atoms with Gasteiger partial charge in [-0.15, -0.1) is 0 Å². The molecular formula is C16H12Cl2F3N3O. The van der Waals surface area contributed by atoms with Crippen molar-refractivity contribution in [2.75, 3.05) is 5.32 Å². The minimum atomic E-state index is -4.53. The van der Waals surface area contributed by atoms with Crippen molar-refractivity contribution < 1.29 is 18.0 Å². The molecule has 0 spiro atoms. The van der Waals surface area contributed by atoms with E-state index in [0.29, 0.717) is 15.6 Å². The van der Waals surface area contributed by atoms with Gasteiger partial charge in [0.1, 0.15) is 5.69 Å². The minimum absolute atomic E-state index is 0.0138. The maximum absolute atomic E-state index is 12.4. The highest BCUT2D eigenvalue weighted by Crippen LogP contribution is 2.28. The number of hydrogen-bond acceptors (Lipinski definition) is 3. The fourth-order valence-corrected chi connectivity index (χ4v) is 2.22. The average molecular weight is 390 g/mol. The average Bonchev–Trinajstić information content (AvgIpc) is 2.55. The molecule has 132 valence electrons. The highest BCUT2D eigenvalue weighted by atomic mass is 35.5. The zero-order chi connectivity index (χ0) is 18.6. The van der Waals surface area contributed by atoms with Gasteiger partial charge in [0.05, 0.1) is 21.9 Å². The number of nitrogens with one attached hydrogen (secondary N) is 2. The number of alkyl halides is 3. The number of halogens is 5. The van der Waals surface area contributed by atoms with Gasteiger partial charge in [0.2, 0.25) is 5.91 Å². The van der Waals surface area contributed by atoms with Crippen LogP contribution in [-0.4, -0.2) is 16.6 Å². The number of carbonyl (C=O) groups excluding carboxylic acids is 1. The Kier molecular flexibility index (Phi) is 6.02. The van der Waals surface area contributed by atoms with Crippen molar-refractivity contribution in [2.24, 2.45) is 0 Å². The maximum atomic E-state index is 12.4. The van der Waals surface area contributed by atoms with Crippen LogP contribution in [0.3, 0.4) is 0 Å². The van der Waals surface area contributed by atoms with Crippen molar-refractivity contribution >= 4 is 40.5 Å². The molecule has 0 unspecified atom stereocenters. The van der Waals surface area contributed by atoms with Gasteiger partial charge in [0.15, 0.2) is 0 Å². The molecule has 0 atom stereocenters. The minimum Gasteiger partial charge on any atom is -0.325 e. The fraction of sp³-hybridized carbons (Fsp3) is 0.188. The molecule has 25 heavy (non-hydrogen) atoms. The summed E-state index contributed by atoms with van der Waals surface area (Å²) in [4.78, 5) is 15.1. The summed E-state index contributed by atoms with van der Waals surface area (Å²) in [5, 5.41) is 11.1. The van der Waals surface area contributed by atoms with E-state index in [-0.39, 0.29) is 24.2 Å². The standard InChI is InChI=1S/C16H12Cl2F3N3O/c17-11-3-1-9(7-12(11)18)13(22)4-6-15(25)24-10-2-5-14(23-8-10)16(19,20)21/h1-3,5,7-8,22H,4,6H2,(H,24,25). The maximum Gasteiger partial charge on any atom is 0.433 e. The summed E-state index contributed by atoms with van der Waals surface area (Å²) in [5.74, 6) is -0.439. The van der Waals surface area contributed by atoms with Gasteiger partial charge in [-0.1, -0.05) is 29.3 Å². The first-order chi connectivity index (χ1) is 11.7. The number of amides is 1. The number of benzene rings is 1. The van der Waals surface area contributed by atoms with Gasteiger partial charge in [0.25, 0.3) is 0 Å². The molecular weight excluding hydrogens is 378 g/mol. The third kappa shape index (κ3) is 5.44. The highest BCUT2D eigenvalue weighted by Gasteiger charge is 2.32. The predicted molar refractivity (Wildman–Crippen MR) is 90.4 cm³/mol.